The molecule has 0 bridgehead atoms. The number of thiazole rings is 1. The summed E-state index contributed by atoms with van der Waals surface area (Å²) in [5, 5.41) is 2.80. The number of amides is 1. The normalized spacial score (nSPS) is 10.7. The van der Waals surface area contributed by atoms with Crippen molar-refractivity contribution < 1.29 is 13.9 Å². The van der Waals surface area contributed by atoms with E-state index in [0.717, 1.165) is 23.1 Å². The van der Waals surface area contributed by atoms with Gasteiger partial charge in [-0.3, -0.25) is 4.79 Å². The van der Waals surface area contributed by atoms with Crippen molar-refractivity contribution in [2.75, 3.05) is 11.9 Å². The first kappa shape index (κ1) is 18.1. The summed E-state index contributed by atoms with van der Waals surface area (Å²) in [4.78, 5) is 16.5. The lowest BCUT2D eigenvalue weighted by atomic mass is 10.1. The molecule has 3 aromatic rings. The number of carbonyl (C=O) groups excluding carboxylic acids is 1. The van der Waals surface area contributed by atoms with E-state index in [0.29, 0.717) is 17.9 Å². The van der Waals surface area contributed by atoms with Gasteiger partial charge in [-0.2, -0.15) is 0 Å². The van der Waals surface area contributed by atoms with E-state index in [1.54, 1.807) is 35.9 Å². The number of anilines is 1. The van der Waals surface area contributed by atoms with Crippen LogP contribution in [0.1, 0.15) is 18.4 Å². The third kappa shape index (κ3) is 4.46. The van der Waals surface area contributed by atoms with Gasteiger partial charge in [0.15, 0.2) is 11.6 Å². The van der Waals surface area contributed by atoms with Crippen molar-refractivity contribution in [3.8, 4) is 5.75 Å². The van der Waals surface area contributed by atoms with Gasteiger partial charge in [0.05, 0.1) is 28.8 Å². The minimum atomic E-state index is -0.487. The summed E-state index contributed by atoms with van der Waals surface area (Å²) >= 11 is 1.50. The van der Waals surface area contributed by atoms with Crippen LogP contribution in [0.3, 0.4) is 0 Å². The summed E-state index contributed by atoms with van der Waals surface area (Å²) in [6, 6.07) is 10.4. The average molecular weight is 371 g/mol. The van der Waals surface area contributed by atoms with Crippen molar-refractivity contribution in [3.05, 3.63) is 65.9 Å². The van der Waals surface area contributed by atoms with Crippen LogP contribution in [0.25, 0.3) is 10.2 Å². The van der Waals surface area contributed by atoms with E-state index in [1.165, 1.54) is 11.3 Å². The molecule has 0 aliphatic rings. The molecule has 0 saturated carbocycles. The van der Waals surface area contributed by atoms with Gasteiger partial charge in [-0.15, -0.1) is 17.9 Å². The molecule has 6 heteroatoms. The Balaban J connectivity index is 1.63. The fourth-order valence-corrected chi connectivity index (χ4v) is 3.24. The van der Waals surface area contributed by atoms with Gasteiger partial charge in [0.25, 0.3) is 0 Å². The molecule has 0 radical (unpaired) electrons. The number of rotatable bonds is 8. The monoisotopic (exact) mass is 371 g/mol. The van der Waals surface area contributed by atoms with E-state index >= 15 is 0 Å². The Morgan fingerprint density at radius 2 is 2.23 bits per heavy atom. The molecular formula is C20H19FN2O2S. The largest absolute Gasteiger partial charge is 0.490 e. The van der Waals surface area contributed by atoms with Crippen molar-refractivity contribution in [2.45, 2.75) is 19.3 Å². The molecule has 3 rings (SSSR count). The summed E-state index contributed by atoms with van der Waals surface area (Å²) in [6.07, 6.45) is 3.32. The number of unbranched alkanes of at least 4 members (excludes halogenated alkanes) is 1. The highest BCUT2D eigenvalue weighted by Gasteiger charge is 2.13. The van der Waals surface area contributed by atoms with Crippen LogP contribution in [0.5, 0.6) is 5.75 Å². The number of hydrogen-bond acceptors (Lipinski definition) is 4. The second-order valence-corrected chi connectivity index (χ2v) is 6.65. The molecule has 0 aliphatic carbocycles. The first-order valence-electron chi connectivity index (χ1n) is 8.31. The molecule has 2 aromatic carbocycles. The number of carbonyl (C=O) groups is 1. The van der Waals surface area contributed by atoms with Gasteiger partial charge in [0, 0.05) is 11.3 Å². The Morgan fingerprint density at radius 1 is 1.35 bits per heavy atom. The highest BCUT2D eigenvalue weighted by Crippen LogP contribution is 2.23. The van der Waals surface area contributed by atoms with E-state index in [4.69, 9.17) is 4.74 Å². The van der Waals surface area contributed by atoms with Crippen LogP contribution < -0.4 is 10.1 Å². The van der Waals surface area contributed by atoms with Crippen molar-refractivity contribution in [1.29, 1.82) is 0 Å². The van der Waals surface area contributed by atoms with Crippen LogP contribution in [-0.2, 0) is 11.2 Å². The fourth-order valence-electron chi connectivity index (χ4n) is 2.53. The number of fused-ring (bicyclic) bond motifs is 1. The third-order valence-corrected chi connectivity index (χ3v) is 4.61. The Bertz CT molecular complexity index is 923. The average Bonchev–Trinajstić information content (AvgIpc) is 3.09. The van der Waals surface area contributed by atoms with Crippen molar-refractivity contribution in [3.63, 3.8) is 0 Å². The molecule has 134 valence electrons. The minimum absolute atomic E-state index is 0.0591. The first-order valence-corrected chi connectivity index (χ1v) is 9.19. The lowest BCUT2D eigenvalue weighted by Crippen LogP contribution is -2.15. The second-order valence-electron chi connectivity index (χ2n) is 5.77. The molecule has 1 N–H and O–H groups in total. The van der Waals surface area contributed by atoms with E-state index < -0.39 is 5.82 Å². The number of aromatic nitrogens is 1. The lowest BCUT2D eigenvalue weighted by molar-refractivity contribution is -0.115. The van der Waals surface area contributed by atoms with Gasteiger partial charge >= 0.3 is 0 Å². The van der Waals surface area contributed by atoms with Crippen molar-refractivity contribution in [2.24, 2.45) is 0 Å². The number of nitrogens with zero attached hydrogens (tertiary/aromatic N) is 1. The summed E-state index contributed by atoms with van der Waals surface area (Å²) in [5.41, 5.74) is 3.62. The van der Waals surface area contributed by atoms with Gasteiger partial charge in [0.2, 0.25) is 5.91 Å². The second kappa shape index (κ2) is 8.58. The molecule has 0 unspecified atom stereocenters. The molecule has 0 aliphatic heterocycles. The Morgan fingerprint density at radius 3 is 3.08 bits per heavy atom. The standard InChI is InChI=1S/C20H19FN2O2S/c1-2-3-4-10-25-17-7-5-6-14(20(17)21)11-19(24)23-15-8-9-16-18(12-15)26-13-22-16/h2,5-9,12-13H,1,3-4,10-11H2,(H,23,24)/i23+1. The predicted molar refractivity (Wildman–Crippen MR) is 103 cm³/mol. The highest BCUT2D eigenvalue weighted by molar-refractivity contribution is 7.16. The number of hydrogen-bond donors (Lipinski definition) is 1. The molecule has 1 amide bonds. The predicted octanol–water partition coefficient (Wildman–Crippen LogP) is 4.96. The molecule has 0 spiro atoms. The van der Waals surface area contributed by atoms with Crippen LogP contribution in [0.15, 0.2) is 54.6 Å². The smallest absolute Gasteiger partial charge is 0.228 e. The maximum absolute atomic E-state index is 14.5. The maximum Gasteiger partial charge on any atom is 0.228 e. The van der Waals surface area contributed by atoms with Gasteiger partial charge in [0.1, 0.15) is 0 Å². The van der Waals surface area contributed by atoms with E-state index in [9.17, 15) is 9.18 Å². The third-order valence-electron chi connectivity index (χ3n) is 3.82. The maximum atomic E-state index is 14.5. The Kier molecular flexibility index (Phi) is 5.96. The minimum Gasteiger partial charge on any atom is -0.490 e. The summed E-state index contributed by atoms with van der Waals surface area (Å²) in [6.45, 7) is 4.05. The van der Waals surface area contributed by atoms with E-state index in [2.05, 4.69) is 16.9 Å². The number of halogens is 1. The van der Waals surface area contributed by atoms with Gasteiger partial charge < -0.3 is 10.1 Å². The molecule has 0 saturated heterocycles. The lowest BCUT2D eigenvalue weighted by Gasteiger charge is -2.10. The van der Waals surface area contributed by atoms with Gasteiger partial charge in [-0.05, 0) is 37.1 Å². The van der Waals surface area contributed by atoms with E-state index in [1.807, 2.05) is 12.1 Å². The number of allylic oxidation sites excluding steroid dienone is 1. The summed E-state index contributed by atoms with van der Waals surface area (Å²) in [7, 11) is 0. The number of nitrogens with one attached hydrogen (secondary N) is 1. The SMILES string of the molecule is C=CCCCOc1cccc(CC(=O)[15NH]c2ccc3ncsc3c2)c1F. The van der Waals surface area contributed by atoms with Crippen LogP contribution in [0, 0.1) is 5.82 Å². The number of benzene rings is 2. The fraction of sp³-hybridized carbons (Fsp3) is 0.200. The van der Waals surface area contributed by atoms with Crippen molar-refractivity contribution in [1.82, 2.24) is 4.98 Å². The molecular weight excluding hydrogens is 352 g/mol. The summed E-state index contributed by atoms with van der Waals surface area (Å²) in [5.74, 6) is -0.596. The molecule has 0 fully saturated rings. The van der Waals surface area contributed by atoms with Crippen LogP contribution in [0.2, 0.25) is 0 Å². The topological polar surface area (TPSA) is 51.2 Å². The zero-order chi connectivity index (χ0) is 18.4. The summed E-state index contributed by atoms with van der Waals surface area (Å²) < 4.78 is 21.0. The van der Waals surface area contributed by atoms with Gasteiger partial charge in [-0.1, -0.05) is 18.2 Å². The first-order chi connectivity index (χ1) is 12.7. The van der Waals surface area contributed by atoms with Gasteiger partial charge in [-0.25, -0.2) is 9.37 Å². The molecule has 1 aromatic heterocycles. The van der Waals surface area contributed by atoms with Crippen LogP contribution >= 0.6 is 11.3 Å². The van der Waals surface area contributed by atoms with E-state index in [-0.39, 0.29) is 18.1 Å². The molecule has 0 atom stereocenters. The zero-order valence-electron chi connectivity index (χ0n) is 14.2. The highest BCUT2D eigenvalue weighted by atomic mass is 32.1. The molecule has 1 heterocycles. The quantitative estimate of drug-likeness (QED) is 0.346. The number of ether oxygens (including phenoxy) is 1. The Hall–Kier alpha value is -2.73. The Labute approximate surface area is 155 Å². The molecule has 4 nitrogen and oxygen atoms in total. The zero-order valence-corrected chi connectivity index (χ0v) is 15.0. The van der Waals surface area contributed by atoms with Crippen molar-refractivity contribution >= 4 is 33.1 Å². The van der Waals surface area contributed by atoms with Crippen LogP contribution in [0.4, 0.5) is 10.1 Å². The van der Waals surface area contributed by atoms with Crippen LogP contribution in [-0.4, -0.2) is 17.5 Å². The molecule has 26 heavy (non-hydrogen) atoms.